The van der Waals surface area contributed by atoms with Crippen LogP contribution in [0.25, 0.3) is 0 Å². The van der Waals surface area contributed by atoms with Gasteiger partial charge in [0, 0.05) is 25.8 Å². The van der Waals surface area contributed by atoms with Gasteiger partial charge in [-0.1, -0.05) is 12.1 Å². The molecule has 1 aromatic rings. The summed E-state index contributed by atoms with van der Waals surface area (Å²) in [6, 6.07) is 7.38. The largest absolute Gasteiger partial charge is 0.389 e. The topological polar surface area (TPSA) is 49.8 Å². The maximum Gasteiger partial charge on any atom is 0.254 e. The molecule has 0 bridgehead atoms. The highest BCUT2D eigenvalue weighted by atomic mass is 16.5. The molecule has 1 N–H and O–H groups in total. The molecule has 0 saturated carbocycles. The number of benzene rings is 1. The standard InChI is InChI=1S/C12H15NO3/c1-16-8-9-3-2-4-10(5-9)12(15)13-6-11(14)7-13/h2-5,11,14H,6-8H2,1H3. The molecule has 0 atom stereocenters. The van der Waals surface area contributed by atoms with E-state index in [9.17, 15) is 4.79 Å². The van der Waals surface area contributed by atoms with Gasteiger partial charge in [-0.25, -0.2) is 0 Å². The zero-order chi connectivity index (χ0) is 11.5. The van der Waals surface area contributed by atoms with Crippen molar-refractivity contribution in [3.05, 3.63) is 35.4 Å². The Balaban J connectivity index is 2.08. The van der Waals surface area contributed by atoms with Gasteiger partial charge in [0.05, 0.1) is 12.7 Å². The Morgan fingerprint density at radius 1 is 1.56 bits per heavy atom. The van der Waals surface area contributed by atoms with Gasteiger partial charge in [0.2, 0.25) is 0 Å². The van der Waals surface area contributed by atoms with Crippen LogP contribution in [0.1, 0.15) is 15.9 Å². The zero-order valence-electron chi connectivity index (χ0n) is 9.22. The van der Waals surface area contributed by atoms with E-state index in [2.05, 4.69) is 0 Å². The van der Waals surface area contributed by atoms with Crippen LogP contribution in [0.5, 0.6) is 0 Å². The van der Waals surface area contributed by atoms with Crippen LogP contribution < -0.4 is 0 Å². The number of likely N-dealkylation sites (tertiary alicyclic amines) is 1. The molecule has 4 heteroatoms. The van der Waals surface area contributed by atoms with E-state index in [4.69, 9.17) is 9.84 Å². The third kappa shape index (κ3) is 2.23. The van der Waals surface area contributed by atoms with Gasteiger partial charge >= 0.3 is 0 Å². The molecule has 4 nitrogen and oxygen atoms in total. The lowest BCUT2D eigenvalue weighted by Crippen LogP contribution is -2.53. The van der Waals surface area contributed by atoms with E-state index in [-0.39, 0.29) is 12.0 Å². The minimum atomic E-state index is -0.355. The van der Waals surface area contributed by atoms with Crippen molar-refractivity contribution in [2.45, 2.75) is 12.7 Å². The maximum atomic E-state index is 11.9. The van der Waals surface area contributed by atoms with Crippen LogP contribution in [-0.2, 0) is 11.3 Å². The number of rotatable bonds is 3. The second-order valence-electron chi connectivity index (χ2n) is 4.00. The number of ether oxygens (including phenoxy) is 1. The number of hydrogen-bond acceptors (Lipinski definition) is 3. The number of hydrogen-bond donors (Lipinski definition) is 1. The fraction of sp³-hybridized carbons (Fsp3) is 0.417. The molecule has 0 radical (unpaired) electrons. The van der Waals surface area contributed by atoms with Crippen molar-refractivity contribution in [1.82, 2.24) is 4.90 Å². The van der Waals surface area contributed by atoms with Crippen molar-refractivity contribution in [2.24, 2.45) is 0 Å². The summed E-state index contributed by atoms with van der Waals surface area (Å²) in [7, 11) is 1.63. The Bertz CT molecular complexity index is 386. The monoisotopic (exact) mass is 221 g/mol. The molecular weight excluding hydrogens is 206 g/mol. The van der Waals surface area contributed by atoms with E-state index in [0.717, 1.165) is 5.56 Å². The van der Waals surface area contributed by atoms with Crippen LogP contribution in [0, 0.1) is 0 Å². The Kier molecular flexibility index (Phi) is 3.22. The van der Waals surface area contributed by atoms with Gasteiger partial charge in [-0.05, 0) is 17.7 Å². The highest BCUT2D eigenvalue weighted by molar-refractivity contribution is 5.94. The van der Waals surface area contributed by atoms with Gasteiger partial charge < -0.3 is 14.7 Å². The molecule has 86 valence electrons. The van der Waals surface area contributed by atoms with Crippen LogP contribution in [-0.4, -0.2) is 42.2 Å². The normalized spacial score (nSPS) is 16.0. The molecule has 16 heavy (non-hydrogen) atoms. The molecular formula is C12H15NO3. The molecule has 1 saturated heterocycles. The quantitative estimate of drug-likeness (QED) is 0.815. The highest BCUT2D eigenvalue weighted by Gasteiger charge is 2.29. The Morgan fingerprint density at radius 3 is 2.94 bits per heavy atom. The molecule has 0 spiro atoms. The number of amides is 1. The number of nitrogens with zero attached hydrogens (tertiary/aromatic N) is 1. The first-order chi connectivity index (χ1) is 7.70. The van der Waals surface area contributed by atoms with Crippen LogP contribution in [0.3, 0.4) is 0 Å². The average molecular weight is 221 g/mol. The molecule has 0 aliphatic carbocycles. The fourth-order valence-electron chi connectivity index (χ4n) is 1.76. The Labute approximate surface area is 94.4 Å². The van der Waals surface area contributed by atoms with Crippen molar-refractivity contribution in [3.63, 3.8) is 0 Å². The van der Waals surface area contributed by atoms with E-state index < -0.39 is 0 Å². The summed E-state index contributed by atoms with van der Waals surface area (Å²) in [6.45, 7) is 1.38. The van der Waals surface area contributed by atoms with Crippen LogP contribution in [0.2, 0.25) is 0 Å². The second-order valence-corrected chi connectivity index (χ2v) is 4.00. The van der Waals surface area contributed by atoms with Crippen LogP contribution >= 0.6 is 0 Å². The van der Waals surface area contributed by atoms with Crippen LogP contribution in [0.4, 0.5) is 0 Å². The zero-order valence-corrected chi connectivity index (χ0v) is 9.22. The minimum Gasteiger partial charge on any atom is -0.389 e. The number of aliphatic hydroxyl groups excluding tert-OH is 1. The van der Waals surface area contributed by atoms with Gasteiger partial charge in [-0.2, -0.15) is 0 Å². The molecule has 1 aromatic carbocycles. The Morgan fingerprint density at radius 2 is 2.31 bits per heavy atom. The summed E-state index contributed by atoms with van der Waals surface area (Å²) in [5, 5.41) is 9.14. The molecule has 0 aromatic heterocycles. The predicted molar refractivity (Wildman–Crippen MR) is 59.1 cm³/mol. The molecule has 1 aliphatic heterocycles. The summed E-state index contributed by atoms with van der Waals surface area (Å²) in [5.41, 5.74) is 1.64. The van der Waals surface area contributed by atoms with Crippen molar-refractivity contribution < 1.29 is 14.6 Å². The highest BCUT2D eigenvalue weighted by Crippen LogP contribution is 2.14. The number of β-amino-alcohol motifs (C(OH)–C–C–N with tert-alkyl or cyclic N) is 1. The smallest absolute Gasteiger partial charge is 0.254 e. The molecule has 0 unspecified atom stereocenters. The average Bonchev–Trinajstić information content (AvgIpc) is 2.25. The number of methoxy groups -OCH3 is 1. The van der Waals surface area contributed by atoms with Crippen molar-refractivity contribution in [3.8, 4) is 0 Å². The molecule has 1 amide bonds. The molecule has 2 rings (SSSR count). The van der Waals surface area contributed by atoms with Gasteiger partial charge in [-0.3, -0.25) is 4.79 Å². The van der Waals surface area contributed by atoms with Gasteiger partial charge in [0.1, 0.15) is 0 Å². The Hall–Kier alpha value is -1.39. The summed E-state index contributed by atoms with van der Waals surface area (Å²) in [4.78, 5) is 13.5. The maximum absolute atomic E-state index is 11.9. The third-order valence-corrected chi connectivity index (χ3v) is 2.63. The first kappa shape index (κ1) is 11.1. The number of carbonyl (C=O) groups is 1. The summed E-state index contributed by atoms with van der Waals surface area (Å²) in [6.07, 6.45) is -0.355. The number of carbonyl (C=O) groups excluding carboxylic acids is 1. The second kappa shape index (κ2) is 4.63. The van der Waals surface area contributed by atoms with Crippen molar-refractivity contribution in [1.29, 1.82) is 0 Å². The molecule has 1 aliphatic rings. The SMILES string of the molecule is COCc1cccc(C(=O)N2CC(O)C2)c1. The summed E-state index contributed by atoms with van der Waals surface area (Å²) >= 11 is 0. The van der Waals surface area contributed by atoms with Crippen LogP contribution in [0.15, 0.2) is 24.3 Å². The van der Waals surface area contributed by atoms with E-state index in [1.807, 2.05) is 18.2 Å². The van der Waals surface area contributed by atoms with E-state index >= 15 is 0 Å². The van der Waals surface area contributed by atoms with Gasteiger partial charge in [-0.15, -0.1) is 0 Å². The van der Waals surface area contributed by atoms with E-state index in [1.165, 1.54) is 0 Å². The lowest BCUT2D eigenvalue weighted by Gasteiger charge is -2.35. The van der Waals surface area contributed by atoms with E-state index in [1.54, 1.807) is 18.1 Å². The van der Waals surface area contributed by atoms with Crippen molar-refractivity contribution >= 4 is 5.91 Å². The first-order valence-corrected chi connectivity index (χ1v) is 5.26. The lowest BCUT2D eigenvalue weighted by molar-refractivity contribution is 0.00588. The summed E-state index contributed by atoms with van der Waals surface area (Å²) in [5.74, 6) is -0.0248. The number of aliphatic hydroxyl groups is 1. The first-order valence-electron chi connectivity index (χ1n) is 5.26. The predicted octanol–water partition coefficient (Wildman–Crippen LogP) is 0.650. The van der Waals surface area contributed by atoms with E-state index in [0.29, 0.717) is 25.3 Å². The minimum absolute atomic E-state index is 0.0248. The van der Waals surface area contributed by atoms with Crippen molar-refractivity contribution in [2.75, 3.05) is 20.2 Å². The lowest BCUT2D eigenvalue weighted by atomic mass is 10.1. The van der Waals surface area contributed by atoms with Gasteiger partial charge in [0.25, 0.3) is 5.91 Å². The third-order valence-electron chi connectivity index (χ3n) is 2.63. The fourth-order valence-corrected chi connectivity index (χ4v) is 1.76. The van der Waals surface area contributed by atoms with Gasteiger partial charge in [0.15, 0.2) is 0 Å². The summed E-state index contributed by atoms with van der Waals surface area (Å²) < 4.78 is 5.02. The molecule has 1 fully saturated rings. The molecule has 1 heterocycles.